The second kappa shape index (κ2) is 14.0. The highest BCUT2D eigenvalue weighted by molar-refractivity contribution is 8.03. The van der Waals surface area contributed by atoms with Gasteiger partial charge in [-0.15, -0.1) is 11.8 Å². The van der Waals surface area contributed by atoms with E-state index in [1.807, 2.05) is 30.9 Å². The molecule has 2 aromatic carbocycles. The molecular formula is C39H54F2N4S+2. The SMILES string of the molecule is CCC.CNCCSC1=C(/C=C/C2=[N+](C)c3ccc(F)cc3C2(C)C)C[N+](C)(C)C/C1=C\C=C1\N(C)c2ccc(F)cc2C1(C)C. The molecule has 5 rings (SSSR count). The Labute approximate surface area is 280 Å². The molecule has 1 N–H and O–H groups in total. The first-order chi connectivity index (χ1) is 21.6. The van der Waals surface area contributed by atoms with E-state index in [1.165, 1.54) is 22.5 Å². The Morgan fingerprint density at radius 3 is 2.22 bits per heavy atom. The molecule has 0 amide bonds. The molecule has 3 heterocycles. The van der Waals surface area contributed by atoms with Crippen molar-refractivity contribution in [3.8, 4) is 0 Å². The van der Waals surface area contributed by atoms with Crippen LogP contribution in [0.1, 0.15) is 59.1 Å². The van der Waals surface area contributed by atoms with E-state index < -0.39 is 0 Å². The summed E-state index contributed by atoms with van der Waals surface area (Å²) in [5, 5.41) is 3.29. The fourth-order valence-corrected chi connectivity index (χ4v) is 8.15. The van der Waals surface area contributed by atoms with Crippen LogP contribution in [-0.2, 0) is 10.8 Å². The number of halogens is 2. The standard InChI is InChI=1S/C36H46F2N4S.C3H8/c1-35(2)28-20-26(37)12-14-30(28)40(6)32(35)16-10-24-22-42(8,9)23-25(34(24)43-19-18-39-5)11-17-33-36(3,4)29-21-27(38)13-15-31(29)41(33)7;1-3-2/h10-17,20-21,39H,18-19,22-23H2,1-9H3;3H2,1-2H3/q+2;. The predicted octanol–water partition coefficient (Wildman–Crippen LogP) is 8.48. The monoisotopic (exact) mass is 648 g/mol. The van der Waals surface area contributed by atoms with E-state index in [2.05, 4.69) is 109 Å². The number of rotatable bonds is 7. The van der Waals surface area contributed by atoms with Gasteiger partial charge >= 0.3 is 0 Å². The number of nitrogens with zero attached hydrogens (tertiary/aromatic N) is 3. The highest BCUT2D eigenvalue weighted by atomic mass is 32.2. The maximum Gasteiger partial charge on any atom is 0.209 e. The van der Waals surface area contributed by atoms with Gasteiger partial charge in [0.15, 0.2) is 5.71 Å². The molecule has 4 nitrogen and oxygen atoms in total. The molecule has 0 aromatic heterocycles. The Morgan fingerprint density at radius 1 is 0.935 bits per heavy atom. The normalized spacial score (nSPS) is 21.3. The van der Waals surface area contributed by atoms with Gasteiger partial charge in [0.1, 0.15) is 31.8 Å². The van der Waals surface area contributed by atoms with Crippen LogP contribution in [0.15, 0.2) is 82.5 Å². The minimum Gasteiger partial charge on any atom is -0.347 e. The number of likely N-dealkylation sites (N-methyl/N-ethyl adjacent to an activating group) is 2. The van der Waals surface area contributed by atoms with Crippen molar-refractivity contribution in [2.24, 2.45) is 0 Å². The van der Waals surface area contributed by atoms with Gasteiger partial charge in [0.2, 0.25) is 5.69 Å². The zero-order valence-electron chi connectivity index (χ0n) is 29.8. The lowest BCUT2D eigenvalue weighted by Gasteiger charge is -2.37. The number of thioether (sulfide) groups is 1. The number of fused-ring (bicyclic) bond motifs is 2. The third kappa shape index (κ3) is 7.12. The fraction of sp³-hybridized carbons (Fsp3) is 0.462. The zero-order chi connectivity index (χ0) is 34.0. The summed E-state index contributed by atoms with van der Waals surface area (Å²) < 4.78 is 31.5. The summed E-state index contributed by atoms with van der Waals surface area (Å²) in [6.45, 7) is 15.7. The molecule has 0 atom stereocenters. The van der Waals surface area contributed by atoms with E-state index in [9.17, 15) is 8.78 Å². The summed E-state index contributed by atoms with van der Waals surface area (Å²) >= 11 is 1.91. The highest BCUT2D eigenvalue weighted by Gasteiger charge is 2.43. The fourth-order valence-electron chi connectivity index (χ4n) is 7.00. The van der Waals surface area contributed by atoms with E-state index in [0.29, 0.717) is 0 Å². The molecule has 0 saturated heterocycles. The minimum atomic E-state index is -0.308. The molecule has 7 heteroatoms. The molecule has 46 heavy (non-hydrogen) atoms. The lowest BCUT2D eigenvalue weighted by Crippen LogP contribution is -2.45. The van der Waals surface area contributed by atoms with Crippen LogP contribution >= 0.6 is 11.8 Å². The van der Waals surface area contributed by atoms with Crippen molar-refractivity contribution in [1.82, 2.24) is 5.32 Å². The van der Waals surface area contributed by atoms with Crippen LogP contribution in [-0.4, -0.2) is 75.4 Å². The summed E-state index contributed by atoms with van der Waals surface area (Å²) in [6, 6.07) is 10.2. The van der Waals surface area contributed by atoms with Crippen molar-refractivity contribution in [2.45, 2.75) is 58.8 Å². The molecule has 0 saturated carbocycles. The van der Waals surface area contributed by atoms with E-state index >= 15 is 0 Å². The number of hydrogen-bond donors (Lipinski definition) is 1. The van der Waals surface area contributed by atoms with Crippen molar-refractivity contribution >= 4 is 28.8 Å². The molecule has 3 aliphatic heterocycles. The highest BCUT2D eigenvalue weighted by Crippen LogP contribution is 2.47. The third-order valence-electron chi connectivity index (χ3n) is 9.25. The van der Waals surface area contributed by atoms with Crippen molar-refractivity contribution < 1.29 is 17.8 Å². The predicted molar refractivity (Wildman–Crippen MR) is 195 cm³/mol. The molecule has 0 aliphatic carbocycles. The maximum absolute atomic E-state index is 14.2. The van der Waals surface area contributed by atoms with Crippen LogP contribution in [0, 0.1) is 11.6 Å². The Bertz CT molecular complexity index is 1620. The molecule has 248 valence electrons. The first kappa shape index (κ1) is 35.8. The maximum atomic E-state index is 14.2. The topological polar surface area (TPSA) is 18.3 Å². The van der Waals surface area contributed by atoms with Crippen LogP contribution in [0.4, 0.5) is 20.2 Å². The number of anilines is 1. The molecule has 0 bridgehead atoms. The third-order valence-corrected chi connectivity index (χ3v) is 10.5. The molecular weight excluding hydrogens is 595 g/mol. The molecule has 3 aliphatic rings. The van der Waals surface area contributed by atoms with Gasteiger partial charge in [0, 0.05) is 69.9 Å². The van der Waals surface area contributed by atoms with Crippen molar-refractivity contribution in [2.75, 3.05) is 65.5 Å². The minimum absolute atomic E-state index is 0.198. The lowest BCUT2D eigenvalue weighted by molar-refractivity contribution is -0.881. The molecule has 0 radical (unpaired) electrons. The lowest BCUT2D eigenvalue weighted by atomic mass is 9.81. The quantitative estimate of drug-likeness (QED) is 0.185. The molecule has 0 fully saturated rings. The van der Waals surface area contributed by atoms with E-state index in [0.717, 1.165) is 63.8 Å². The summed E-state index contributed by atoms with van der Waals surface area (Å²) in [4.78, 5) is 3.52. The van der Waals surface area contributed by atoms with Crippen LogP contribution < -0.4 is 10.2 Å². The van der Waals surface area contributed by atoms with Crippen LogP contribution in [0.5, 0.6) is 0 Å². The van der Waals surface area contributed by atoms with E-state index in [4.69, 9.17) is 0 Å². The van der Waals surface area contributed by atoms with E-state index in [1.54, 1.807) is 24.3 Å². The summed E-state index contributed by atoms with van der Waals surface area (Å²) in [6.07, 6.45) is 10.3. The Morgan fingerprint density at radius 2 is 1.57 bits per heavy atom. The second-order valence-corrected chi connectivity index (χ2v) is 15.5. The smallest absolute Gasteiger partial charge is 0.209 e. The average molecular weight is 649 g/mol. The zero-order valence-corrected chi connectivity index (χ0v) is 30.6. The Hall–Kier alpha value is -3.00. The Balaban J connectivity index is 0.00000154. The van der Waals surface area contributed by atoms with Crippen molar-refractivity contribution in [3.63, 3.8) is 0 Å². The van der Waals surface area contributed by atoms with Gasteiger partial charge in [0.05, 0.1) is 19.5 Å². The van der Waals surface area contributed by atoms with Gasteiger partial charge in [-0.3, -0.25) is 0 Å². The number of allylic oxidation sites excluding steroid dienone is 4. The van der Waals surface area contributed by atoms with Crippen molar-refractivity contribution in [3.05, 3.63) is 105 Å². The largest absolute Gasteiger partial charge is 0.347 e. The molecule has 0 spiro atoms. The van der Waals surface area contributed by atoms with Crippen LogP contribution in [0.3, 0.4) is 0 Å². The van der Waals surface area contributed by atoms with Gasteiger partial charge < -0.3 is 14.7 Å². The summed E-state index contributed by atoms with van der Waals surface area (Å²) in [5.74, 6) is 0.569. The van der Waals surface area contributed by atoms with Gasteiger partial charge in [-0.05, 0) is 68.9 Å². The van der Waals surface area contributed by atoms with Gasteiger partial charge in [0.25, 0.3) is 0 Å². The first-order valence-corrected chi connectivity index (χ1v) is 17.4. The second-order valence-electron chi connectivity index (χ2n) is 14.4. The number of hydrogen-bond acceptors (Lipinski definition) is 3. The van der Waals surface area contributed by atoms with Crippen LogP contribution in [0.2, 0.25) is 0 Å². The number of quaternary nitrogens is 1. The van der Waals surface area contributed by atoms with Gasteiger partial charge in [-0.1, -0.05) is 40.2 Å². The first-order valence-electron chi connectivity index (χ1n) is 16.5. The van der Waals surface area contributed by atoms with Crippen LogP contribution in [0.25, 0.3) is 0 Å². The molecule has 0 unspecified atom stereocenters. The summed E-state index contributed by atoms with van der Waals surface area (Å²) in [5.41, 5.74) is 8.46. The number of benzene rings is 2. The Kier molecular flexibility index (Phi) is 10.9. The number of nitrogens with one attached hydrogen (secondary N) is 1. The van der Waals surface area contributed by atoms with Gasteiger partial charge in [-0.2, -0.15) is 4.58 Å². The van der Waals surface area contributed by atoms with Gasteiger partial charge in [-0.25, -0.2) is 8.78 Å². The molecule has 2 aromatic rings. The summed E-state index contributed by atoms with van der Waals surface area (Å²) in [7, 11) is 10.7. The van der Waals surface area contributed by atoms with E-state index in [-0.39, 0.29) is 22.5 Å². The van der Waals surface area contributed by atoms with Crippen molar-refractivity contribution in [1.29, 1.82) is 0 Å². The average Bonchev–Trinajstić information content (AvgIpc) is 3.28.